The highest BCUT2D eigenvalue weighted by atomic mass is 35.8. The van der Waals surface area contributed by atoms with Gasteiger partial charge < -0.3 is 0 Å². The Hall–Kier alpha value is 2.68. The SMILES string of the molecule is Cl[SiH](Cl)CCCCCCCCCCC([SiH](Cl)Cl)[Si](Cl)(Cl)Cl. The van der Waals surface area contributed by atoms with Crippen molar-refractivity contribution in [2.75, 3.05) is 0 Å². The van der Waals surface area contributed by atoms with E-state index in [1.54, 1.807) is 0 Å². The Labute approximate surface area is 166 Å². The fraction of sp³-hybridized carbons (Fsp3) is 1.00. The van der Waals surface area contributed by atoms with Gasteiger partial charge in [-0.15, -0.1) is 33.2 Å². The molecule has 0 saturated heterocycles. The van der Waals surface area contributed by atoms with Crippen LogP contribution in [0.4, 0.5) is 0 Å². The first-order chi connectivity index (χ1) is 9.75. The van der Waals surface area contributed by atoms with Crippen LogP contribution in [0, 0.1) is 0 Å². The summed E-state index contributed by atoms with van der Waals surface area (Å²) in [4.78, 5) is 0. The van der Waals surface area contributed by atoms with E-state index in [0.29, 0.717) is 0 Å². The molecule has 0 aliphatic rings. The highest BCUT2D eigenvalue weighted by molar-refractivity contribution is 7.68. The number of hydrogen-bond acceptors (Lipinski definition) is 0. The predicted octanol–water partition coefficient (Wildman–Crippen LogP) is 7.46. The lowest BCUT2D eigenvalue weighted by atomic mass is 10.1. The molecule has 0 aromatic rings. The Bertz CT molecular complexity index is 248. The number of unbranched alkanes of at least 4 members (excludes halogenated alkanes) is 7. The van der Waals surface area contributed by atoms with E-state index in [2.05, 4.69) is 0 Å². The highest BCUT2D eigenvalue weighted by Crippen LogP contribution is 2.41. The third-order valence-corrected chi connectivity index (χ3v) is 17.7. The molecule has 128 valence electrons. The van der Waals surface area contributed by atoms with E-state index in [0.717, 1.165) is 18.9 Å². The molecule has 0 saturated carbocycles. The van der Waals surface area contributed by atoms with E-state index in [1.165, 1.54) is 44.9 Å². The van der Waals surface area contributed by atoms with E-state index in [4.69, 9.17) is 77.6 Å². The lowest BCUT2D eigenvalue weighted by molar-refractivity contribution is 0.569. The lowest BCUT2D eigenvalue weighted by Gasteiger charge is -2.21. The van der Waals surface area contributed by atoms with Gasteiger partial charge in [-0.2, -0.15) is 44.3 Å². The molecule has 1 atom stereocenters. The third-order valence-electron chi connectivity index (χ3n) is 3.41. The van der Waals surface area contributed by atoms with Crippen LogP contribution in [0.3, 0.4) is 0 Å². The van der Waals surface area contributed by atoms with Gasteiger partial charge >= 0.3 is 6.00 Å². The van der Waals surface area contributed by atoms with Crippen LogP contribution >= 0.6 is 77.6 Å². The Morgan fingerprint density at radius 1 is 0.667 bits per heavy atom. The second kappa shape index (κ2) is 13.9. The second-order valence-corrected chi connectivity index (χ2v) is 25.0. The average molecular weight is 488 g/mol. The smallest absolute Gasteiger partial charge is 0.150 e. The molecule has 10 heteroatoms. The molecule has 0 fully saturated rings. The molecule has 0 aromatic heterocycles. The van der Waals surface area contributed by atoms with Crippen LogP contribution in [0.2, 0.25) is 11.2 Å². The molecule has 0 amide bonds. The first-order valence-electron chi connectivity index (χ1n) is 7.38. The van der Waals surface area contributed by atoms with Gasteiger partial charge in [-0.3, -0.25) is 0 Å². The van der Waals surface area contributed by atoms with E-state index in [-0.39, 0.29) is 5.16 Å². The molecule has 0 radical (unpaired) electrons. The fourth-order valence-corrected chi connectivity index (χ4v) is 17.9. The van der Waals surface area contributed by atoms with Crippen molar-refractivity contribution < 1.29 is 0 Å². The molecule has 0 bridgehead atoms. The molecule has 0 rings (SSSR count). The van der Waals surface area contributed by atoms with Crippen molar-refractivity contribution in [1.29, 1.82) is 0 Å². The number of rotatable bonds is 13. The van der Waals surface area contributed by atoms with Crippen LogP contribution in [0.1, 0.15) is 57.8 Å². The maximum absolute atomic E-state index is 6.05. The zero-order chi connectivity index (χ0) is 16.3. The first-order valence-corrected chi connectivity index (χ1v) is 21.0. The monoisotopic (exact) mass is 484 g/mol. The summed E-state index contributed by atoms with van der Waals surface area (Å²) in [7, 11) is -3.29. The Morgan fingerprint density at radius 3 is 1.48 bits per heavy atom. The molecular weight excluding hydrogens is 465 g/mol. The van der Waals surface area contributed by atoms with Gasteiger partial charge in [0.05, 0.1) is 0 Å². The van der Waals surface area contributed by atoms with Crippen molar-refractivity contribution in [3.05, 3.63) is 0 Å². The van der Waals surface area contributed by atoms with Crippen LogP contribution in [0.25, 0.3) is 0 Å². The molecule has 0 spiro atoms. The summed E-state index contributed by atoms with van der Waals surface area (Å²) in [5.74, 6) is 0. The molecule has 0 aromatic carbocycles. The van der Waals surface area contributed by atoms with Gasteiger partial charge in [-0.25, -0.2) is 0 Å². The number of hydrogen-bond donors (Lipinski definition) is 0. The van der Waals surface area contributed by atoms with Crippen LogP contribution in [-0.2, 0) is 0 Å². The molecule has 21 heavy (non-hydrogen) atoms. The zero-order valence-corrected chi connectivity index (χ0v) is 20.5. The summed E-state index contributed by atoms with van der Waals surface area (Å²) >= 11 is 41.8. The average Bonchev–Trinajstić information content (AvgIpc) is 2.33. The topological polar surface area (TPSA) is 0 Å². The summed E-state index contributed by atoms with van der Waals surface area (Å²) < 4.78 is 0. The van der Waals surface area contributed by atoms with E-state index >= 15 is 0 Å². The third kappa shape index (κ3) is 14.7. The molecule has 0 aliphatic carbocycles. The summed E-state index contributed by atoms with van der Waals surface area (Å²) in [6.45, 7) is 0. The Morgan fingerprint density at radius 2 is 1.10 bits per heavy atom. The first kappa shape index (κ1) is 23.7. The minimum Gasteiger partial charge on any atom is -0.150 e. The van der Waals surface area contributed by atoms with Gasteiger partial charge in [0, 0.05) is 5.16 Å². The summed E-state index contributed by atoms with van der Waals surface area (Å²) in [6.07, 6.45) is 10.6. The summed E-state index contributed by atoms with van der Waals surface area (Å²) in [5.41, 5.74) is 0. The van der Waals surface area contributed by atoms with Crippen molar-refractivity contribution in [1.82, 2.24) is 0 Å². The molecular formula is C11H23Cl7Si3. The van der Waals surface area contributed by atoms with Crippen molar-refractivity contribution >= 4 is 98.4 Å². The molecule has 0 heterocycles. The lowest BCUT2D eigenvalue weighted by Crippen LogP contribution is -2.27. The standard InChI is InChI=1S/C11H23Cl7Si3/c12-19(13)10-8-6-4-2-1-3-5-7-9-11(20(14)15)21(16,17)18/h11,19-20H,1-10H2. The summed E-state index contributed by atoms with van der Waals surface area (Å²) in [5, 5.41) is -0.0333. The minimum atomic E-state index is -2.75. The molecule has 1 unspecified atom stereocenters. The quantitative estimate of drug-likeness (QED) is 0.144. The van der Waals surface area contributed by atoms with E-state index in [1.807, 2.05) is 0 Å². The predicted molar refractivity (Wildman–Crippen MR) is 111 cm³/mol. The molecule has 0 aliphatic heterocycles. The van der Waals surface area contributed by atoms with Crippen LogP contribution in [0.5, 0.6) is 0 Å². The molecule has 0 N–H and O–H groups in total. The van der Waals surface area contributed by atoms with Gasteiger partial charge in [-0.05, 0) is 12.5 Å². The fourth-order valence-electron chi connectivity index (χ4n) is 2.16. The van der Waals surface area contributed by atoms with Gasteiger partial charge in [-0.1, -0.05) is 51.4 Å². The largest absolute Gasteiger partial charge is 0.343 e. The van der Waals surface area contributed by atoms with E-state index in [9.17, 15) is 0 Å². The van der Waals surface area contributed by atoms with Crippen molar-refractivity contribution in [3.63, 3.8) is 0 Å². The minimum absolute atomic E-state index is 0.0333. The highest BCUT2D eigenvalue weighted by Gasteiger charge is 2.41. The van der Waals surface area contributed by atoms with Gasteiger partial charge in [0.1, 0.15) is 0 Å². The maximum Gasteiger partial charge on any atom is 0.343 e. The zero-order valence-electron chi connectivity index (χ0n) is 11.9. The molecule has 0 nitrogen and oxygen atoms in total. The van der Waals surface area contributed by atoms with Gasteiger partial charge in [0.2, 0.25) is 14.8 Å². The van der Waals surface area contributed by atoms with Gasteiger partial charge in [0.25, 0.3) is 0 Å². The van der Waals surface area contributed by atoms with Crippen molar-refractivity contribution in [3.8, 4) is 0 Å². The van der Waals surface area contributed by atoms with Crippen LogP contribution < -0.4 is 0 Å². The van der Waals surface area contributed by atoms with Gasteiger partial charge in [0.15, 0.2) is 0 Å². The maximum atomic E-state index is 6.05. The Kier molecular flexibility index (Phi) is 15.7. The normalized spacial score (nSPS) is 14.1. The van der Waals surface area contributed by atoms with Crippen LogP contribution in [-0.4, -0.2) is 20.8 Å². The second-order valence-electron chi connectivity index (χ2n) is 5.28. The Balaban J connectivity index is 3.47. The number of halogens is 7. The van der Waals surface area contributed by atoms with Crippen molar-refractivity contribution in [2.45, 2.75) is 69.0 Å². The van der Waals surface area contributed by atoms with Crippen molar-refractivity contribution in [2.24, 2.45) is 0 Å². The summed E-state index contributed by atoms with van der Waals surface area (Å²) in [6, 6.07) is -1.72. The van der Waals surface area contributed by atoms with E-state index < -0.39 is 20.8 Å². The van der Waals surface area contributed by atoms with Crippen LogP contribution in [0.15, 0.2) is 0 Å².